The van der Waals surface area contributed by atoms with Crippen LogP contribution >= 0.6 is 0 Å². The van der Waals surface area contributed by atoms with Gasteiger partial charge < -0.3 is 15.2 Å². The summed E-state index contributed by atoms with van der Waals surface area (Å²) < 4.78 is 18.1. The van der Waals surface area contributed by atoms with E-state index in [4.69, 9.17) is 10.3 Å². The molecule has 0 saturated heterocycles. The van der Waals surface area contributed by atoms with Crippen LogP contribution in [0, 0.1) is 5.82 Å². The summed E-state index contributed by atoms with van der Waals surface area (Å²) in [5, 5.41) is 3.91. The largest absolute Gasteiger partial charge is 0.370 e. The molecule has 122 valence electrons. The summed E-state index contributed by atoms with van der Waals surface area (Å²) in [5.74, 6) is 1.32. The predicted octanol–water partition coefficient (Wildman–Crippen LogP) is 2.22. The molecular formula is C16H20FN5O. The molecule has 0 atom stereocenters. The topological polar surface area (TPSA) is 80.5 Å². The Morgan fingerprint density at radius 2 is 2.13 bits per heavy atom. The van der Waals surface area contributed by atoms with E-state index < -0.39 is 0 Å². The first kappa shape index (κ1) is 15.5. The van der Waals surface area contributed by atoms with E-state index in [0.29, 0.717) is 36.7 Å². The predicted molar refractivity (Wildman–Crippen MR) is 85.3 cm³/mol. The van der Waals surface area contributed by atoms with Gasteiger partial charge in [0.1, 0.15) is 5.82 Å². The third kappa shape index (κ3) is 4.06. The minimum atomic E-state index is -0.288. The normalized spacial score (nSPS) is 15.0. The highest BCUT2D eigenvalue weighted by atomic mass is 19.1. The number of nitrogens with two attached hydrogens (primary N) is 1. The molecule has 0 spiro atoms. The smallest absolute Gasteiger partial charge is 0.227 e. The molecule has 1 fully saturated rings. The molecule has 1 saturated carbocycles. The van der Waals surface area contributed by atoms with Crippen molar-refractivity contribution in [3.05, 3.63) is 36.0 Å². The lowest BCUT2D eigenvalue weighted by Crippen LogP contribution is -2.35. The molecule has 2 aromatic rings. The van der Waals surface area contributed by atoms with Crippen LogP contribution in [0.5, 0.6) is 0 Å². The van der Waals surface area contributed by atoms with Gasteiger partial charge in [-0.15, -0.1) is 0 Å². The number of halogens is 1. The average Bonchev–Trinajstić information content (AvgIpc) is 3.30. The monoisotopic (exact) mass is 317 g/mol. The molecule has 1 aliphatic carbocycles. The van der Waals surface area contributed by atoms with Gasteiger partial charge >= 0.3 is 0 Å². The molecule has 0 bridgehead atoms. The fourth-order valence-electron chi connectivity index (χ4n) is 2.26. The first-order valence-electron chi connectivity index (χ1n) is 7.75. The van der Waals surface area contributed by atoms with E-state index >= 15 is 0 Å². The summed E-state index contributed by atoms with van der Waals surface area (Å²) >= 11 is 0. The van der Waals surface area contributed by atoms with Crippen LogP contribution in [0.25, 0.3) is 11.4 Å². The highest BCUT2D eigenvalue weighted by Crippen LogP contribution is 2.24. The number of hydrogen-bond donors (Lipinski definition) is 1. The second kappa shape index (κ2) is 6.76. The van der Waals surface area contributed by atoms with E-state index in [1.54, 1.807) is 12.1 Å². The number of aliphatic imine (C=N–C) groups is 1. The van der Waals surface area contributed by atoms with E-state index in [0.717, 1.165) is 12.0 Å². The third-order valence-corrected chi connectivity index (χ3v) is 3.85. The van der Waals surface area contributed by atoms with Gasteiger partial charge in [0.05, 0.1) is 0 Å². The molecule has 3 rings (SSSR count). The van der Waals surface area contributed by atoms with Gasteiger partial charge in [-0.2, -0.15) is 4.98 Å². The number of benzene rings is 1. The van der Waals surface area contributed by atoms with Crippen molar-refractivity contribution in [2.75, 3.05) is 13.6 Å². The summed E-state index contributed by atoms with van der Waals surface area (Å²) in [6.45, 7) is 0.622. The molecule has 1 heterocycles. The summed E-state index contributed by atoms with van der Waals surface area (Å²) in [4.78, 5) is 10.7. The average molecular weight is 317 g/mol. The molecular weight excluding hydrogens is 297 g/mol. The summed E-state index contributed by atoms with van der Waals surface area (Å²) in [6, 6.07) is 6.57. The van der Waals surface area contributed by atoms with Crippen molar-refractivity contribution in [1.29, 1.82) is 0 Å². The molecule has 1 aromatic carbocycles. The van der Waals surface area contributed by atoms with Crippen LogP contribution in [0.1, 0.15) is 25.2 Å². The van der Waals surface area contributed by atoms with Crippen molar-refractivity contribution in [3.8, 4) is 11.4 Å². The maximum atomic E-state index is 12.9. The minimum Gasteiger partial charge on any atom is -0.370 e. The van der Waals surface area contributed by atoms with Gasteiger partial charge in [-0.3, -0.25) is 4.99 Å². The van der Waals surface area contributed by atoms with Gasteiger partial charge in [0.25, 0.3) is 0 Å². The molecule has 0 unspecified atom stereocenters. The maximum absolute atomic E-state index is 12.9. The van der Waals surface area contributed by atoms with E-state index in [9.17, 15) is 4.39 Å². The summed E-state index contributed by atoms with van der Waals surface area (Å²) in [5.41, 5.74) is 6.66. The van der Waals surface area contributed by atoms with Crippen molar-refractivity contribution in [2.24, 2.45) is 10.7 Å². The first-order chi connectivity index (χ1) is 11.1. The lowest BCUT2D eigenvalue weighted by molar-refractivity contribution is 0.376. The van der Waals surface area contributed by atoms with Crippen molar-refractivity contribution in [3.63, 3.8) is 0 Å². The second-order valence-electron chi connectivity index (χ2n) is 5.70. The Bertz CT molecular complexity index is 678. The molecule has 1 aromatic heterocycles. The Balaban J connectivity index is 1.49. The van der Waals surface area contributed by atoms with Gasteiger partial charge in [0.2, 0.25) is 11.7 Å². The Labute approximate surface area is 134 Å². The fourth-order valence-corrected chi connectivity index (χ4v) is 2.26. The Kier molecular flexibility index (Phi) is 4.55. The van der Waals surface area contributed by atoms with Crippen LogP contribution < -0.4 is 5.73 Å². The number of guanidine groups is 1. The van der Waals surface area contributed by atoms with Crippen LogP contribution in [-0.4, -0.2) is 40.6 Å². The number of rotatable bonds is 6. The van der Waals surface area contributed by atoms with Crippen LogP contribution in [0.15, 0.2) is 33.8 Å². The molecule has 0 radical (unpaired) electrons. The number of nitrogens with zero attached hydrogens (tertiary/aromatic N) is 4. The van der Waals surface area contributed by atoms with E-state index in [1.807, 2.05) is 11.9 Å². The van der Waals surface area contributed by atoms with Crippen molar-refractivity contribution >= 4 is 5.96 Å². The van der Waals surface area contributed by atoms with Gasteiger partial charge in [-0.05, 0) is 43.5 Å². The van der Waals surface area contributed by atoms with Gasteiger partial charge in [-0.25, -0.2) is 4.39 Å². The maximum Gasteiger partial charge on any atom is 0.227 e. The lowest BCUT2D eigenvalue weighted by atomic mass is 10.2. The summed E-state index contributed by atoms with van der Waals surface area (Å²) in [6.07, 6.45) is 3.81. The van der Waals surface area contributed by atoms with Gasteiger partial charge in [-0.1, -0.05) is 5.16 Å². The standard InChI is InChI=1S/C16H20FN5O/c1-22(13-8-9-13)16(18)19-10-2-3-14-20-15(21-23-14)11-4-6-12(17)7-5-11/h4-7,13H,2-3,8-10H2,1H3,(H2,18,19). The number of hydrogen-bond acceptors (Lipinski definition) is 4. The molecule has 7 heteroatoms. The third-order valence-electron chi connectivity index (χ3n) is 3.85. The first-order valence-corrected chi connectivity index (χ1v) is 7.75. The van der Waals surface area contributed by atoms with E-state index in [1.165, 1.54) is 25.0 Å². The van der Waals surface area contributed by atoms with Crippen LogP contribution in [-0.2, 0) is 6.42 Å². The van der Waals surface area contributed by atoms with Crippen LogP contribution in [0.2, 0.25) is 0 Å². The zero-order chi connectivity index (χ0) is 16.2. The van der Waals surface area contributed by atoms with Gasteiger partial charge in [0, 0.05) is 31.6 Å². The molecule has 23 heavy (non-hydrogen) atoms. The minimum absolute atomic E-state index is 0.288. The van der Waals surface area contributed by atoms with Crippen molar-refractivity contribution in [2.45, 2.75) is 31.7 Å². The Morgan fingerprint density at radius 1 is 1.39 bits per heavy atom. The van der Waals surface area contributed by atoms with Crippen molar-refractivity contribution < 1.29 is 8.91 Å². The van der Waals surface area contributed by atoms with Crippen molar-refractivity contribution in [1.82, 2.24) is 15.0 Å². The molecule has 0 amide bonds. The highest BCUT2D eigenvalue weighted by molar-refractivity contribution is 5.78. The molecule has 1 aliphatic rings. The zero-order valence-corrected chi connectivity index (χ0v) is 13.1. The van der Waals surface area contributed by atoms with E-state index in [-0.39, 0.29) is 5.82 Å². The zero-order valence-electron chi connectivity index (χ0n) is 13.1. The SMILES string of the molecule is CN(C(N)=NCCCc1nc(-c2ccc(F)cc2)no1)C1CC1. The second-order valence-corrected chi connectivity index (χ2v) is 5.70. The highest BCUT2D eigenvalue weighted by Gasteiger charge is 2.27. The quantitative estimate of drug-likeness (QED) is 0.502. The molecule has 6 nitrogen and oxygen atoms in total. The fraction of sp³-hybridized carbons (Fsp3) is 0.438. The molecule has 2 N–H and O–H groups in total. The van der Waals surface area contributed by atoms with Crippen LogP contribution in [0.4, 0.5) is 4.39 Å². The van der Waals surface area contributed by atoms with E-state index in [2.05, 4.69) is 15.1 Å². The Hall–Kier alpha value is -2.44. The molecule has 0 aliphatic heterocycles. The van der Waals surface area contributed by atoms with Gasteiger partial charge in [0.15, 0.2) is 5.96 Å². The lowest BCUT2D eigenvalue weighted by Gasteiger charge is -2.16. The summed E-state index contributed by atoms with van der Waals surface area (Å²) in [7, 11) is 1.98. The van der Waals surface area contributed by atoms with Crippen LogP contribution in [0.3, 0.4) is 0 Å². The number of aromatic nitrogens is 2. The number of aryl methyl sites for hydroxylation is 1. The Morgan fingerprint density at radius 3 is 2.83 bits per heavy atom.